The van der Waals surface area contributed by atoms with Gasteiger partial charge in [-0.2, -0.15) is 0 Å². The number of benzene rings is 1. The highest BCUT2D eigenvalue weighted by molar-refractivity contribution is 8.17. The number of rotatable bonds is 8. The van der Waals surface area contributed by atoms with Gasteiger partial charge in [0.2, 0.25) is 0 Å². The Morgan fingerprint density at radius 3 is 2.45 bits per heavy atom. The van der Waals surface area contributed by atoms with Crippen molar-refractivity contribution in [3.05, 3.63) is 29.3 Å². The Morgan fingerprint density at radius 2 is 1.86 bits per heavy atom. The first-order valence-corrected chi connectivity index (χ1v) is 10.2. The van der Waals surface area contributed by atoms with Gasteiger partial charge in [0.25, 0.3) is 0 Å². The van der Waals surface area contributed by atoms with Crippen molar-refractivity contribution < 1.29 is 4.74 Å². The van der Waals surface area contributed by atoms with Gasteiger partial charge in [-0.25, -0.2) is 0 Å². The maximum absolute atomic E-state index is 5.90. The zero-order chi connectivity index (χ0) is 15.8. The summed E-state index contributed by atoms with van der Waals surface area (Å²) in [4.78, 5) is 0. The zero-order valence-corrected chi connectivity index (χ0v) is 15.3. The lowest BCUT2D eigenvalue weighted by Gasteiger charge is -2.38. The fourth-order valence-corrected chi connectivity index (χ4v) is 6.02. The minimum Gasteiger partial charge on any atom is -0.493 e. The molecule has 1 heterocycles. The number of ether oxygens (including phenoxy) is 1. The van der Waals surface area contributed by atoms with Crippen molar-refractivity contribution in [3.63, 3.8) is 0 Å². The summed E-state index contributed by atoms with van der Waals surface area (Å²) in [6.07, 6.45) is 11.7. The van der Waals surface area contributed by atoms with Crippen molar-refractivity contribution in [1.82, 2.24) is 0 Å². The molecule has 1 aliphatic heterocycles. The maximum atomic E-state index is 5.90. The van der Waals surface area contributed by atoms with Crippen molar-refractivity contribution in [2.75, 3.05) is 18.1 Å². The zero-order valence-electron chi connectivity index (χ0n) is 13.7. The Hall–Kier alpha value is -0.720. The molecule has 0 aliphatic carbocycles. The fraction of sp³-hybridized carbons (Fsp3) is 0.579. The van der Waals surface area contributed by atoms with Crippen molar-refractivity contribution in [2.45, 2.75) is 50.0 Å². The van der Waals surface area contributed by atoms with Crippen LogP contribution >= 0.6 is 23.5 Å². The van der Waals surface area contributed by atoms with Gasteiger partial charge >= 0.3 is 0 Å². The van der Waals surface area contributed by atoms with Crippen LogP contribution in [0.1, 0.15) is 57.1 Å². The van der Waals surface area contributed by atoms with E-state index in [1.807, 2.05) is 6.07 Å². The second-order valence-corrected chi connectivity index (χ2v) is 8.66. The monoisotopic (exact) mass is 334 g/mol. The van der Waals surface area contributed by atoms with Gasteiger partial charge in [0.1, 0.15) is 5.75 Å². The normalized spacial score (nSPS) is 15.7. The molecule has 1 aliphatic rings. The molecule has 0 unspecified atom stereocenters. The number of unbranched alkanes of at least 4 members (excludes halogenated alkanes) is 2. The van der Waals surface area contributed by atoms with Crippen LogP contribution in [0.2, 0.25) is 0 Å². The Morgan fingerprint density at radius 1 is 1.18 bits per heavy atom. The number of terminal acetylenes is 1. The lowest BCUT2D eigenvalue weighted by atomic mass is 10.0. The number of hydrogen-bond donors (Lipinski definition) is 0. The molecule has 0 saturated heterocycles. The summed E-state index contributed by atoms with van der Waals surface area (Å²) >= 11 is 4.19. The smallest absolute Gasteiger partial charge is 0.124 e. The Labute approximate surface area is 144 Å². The largest absolute Gasteiger partial charge is 0.493 e. The quantitative estimate of drug-likeness (QED) is 0.344. The highest BCUT2D eigenvalue weighted by Crippen LogP contribution is 2.54. The van der Waals surface area contributed by atoms with Crippen LogP contribution in [-0.4, -0.2) is 18.1 Å². The SMILES string of the molecule is C#Cc1ccc2c(c1)C(SCCCC)(SCCCC)CCO2. The van der Waals surface area contributed by atoms with Gasteiger partial charge in [-0.15, -0.1) is 29.9 Å². The molecule has 0 amide bonds. The number of hydrogen-bond acceptors (Lipinski definition) is 3. The molecule has 0 N–H and O–H groups in total. The van der Waals surface area contributed by atoms with Gasteiger partial charge in [-0.05, 0) is 42.5 Å². The molecule has 120 valence electrons. The summed E-state index contributed by atoms with van der Waals surface area (Å²) in [5, 5.41) is 0. The first-order valence-electron chi connectivity index (χ1n) is 8.27. The topological polar surface area (TPSA) is 9.23 Å². The molecule has 0 bridgehead atoms. The summed E-state index contributed by atoms with van der Waals surface area (Å²) in [5.74, 6) is 6.21. The standard InChI is InChI=1S/C19H26OS2/c1-4-7-13-21-19(22-14-8-5-2)11-12-20-18-10-9-16(6-3)15-17(18)19/h3,9-10,15H,4-5,7-8,11-14H2,1-2H3. The Bertz CT molecular complexity index is 509. The molecule has 0 spiro atoms. The molecular formula is C19H26OS2. The lowest BCUT2D eigenvalue weighted by molar-refractivity contribution is 0.280. The second-order valence-electron chi connectivity index (χ2n) is 5.61. The second kappa shape index (κ2) is 8.79. The number of thioether (sulfide) groups is 2. The highest BCUT2D eigenvalue weighted by atomic mass is 32.2. The molecule has 2 rings (SSSR count). The summed E-state index contributed by atoms with van der Waals surface area (Å²) in [7, 11) is 0. The molecular weight excluding hydrogens is 308 g/mol. The molecule has 0 aromatic heterocycles. The van der Waals surface area contributed by atoms with Gasteiger partial charge in [0, 0.05) is 17.5 Å². The molecule has 0 fully saturated rings. The molecule has 0 atom stereocenters. The van der Waals surface area contributed by atoms with Crippen LogP contribution < -0.4 is 4.74 Å². The molecule has 1 aromatic rings. The van der Waals surface area contributed by atoms with Crippen LogP contribution in [0.5, 0.6) is 5.75 Å². The Balaban J connectivity index is 2.29. The minimum absolute atomic E-state index is 0.116. The van der Waals surface area contributed by atoms with E-state index in [0.717, 1.165) is 24.3 Å². The van der Waals surface area contributed by atoms with E-state index < -0.39 is 0 Å². The van der Waals surface area contributed by atoms with Crippen LogP contribution in [0.4, 0.5) is 0 Å². The van der Waals surface area contributed by atoms with Crippen LogP contribution in [0.3, 0.4) is 0 Å². The third kappa shape index (κ3) is 4.18. The van der Waals surface area contributed by atoms with Gasteiger partial charge in [-0.3, -0.25) is 0 Å². The van der Waals surface area contributed by atoms with E-state index in [4.69, 9.17) is 11.2 Å². The average molecular weight is 335 g/mol. The van der Waals surface area contributed by atoms with E-state index in [2.05, 4.69) is 55.4 Å². The van der Waals surface area contributed by atoms with E-state index in [1.54, 1.807) is 0 Å². The van der Waals surface area contributed by atoms with Crippen LogP contribution in [0.25, 0.3) is 0 Å². The molecule has 3 heteroatoms. The Kier molecular flexibility index (Phi) is 7.05. The summed E-state index contributed by atoms with van der Waals surface area (Å²) in [6, 6.07) is 6.22. The van der Waals surface area contributed by atoms with Crippen molar-refractivity contribution in [3.8, 4) is 18.1 Å². The summed E-state index contributed by atoms with van der Waals surface area (Å²) in [5.41, 5.74) is 2.26. The van der Waals surface area contributed by atoms with E-state index >= 15 is 0 Å². The van der Waals surface area contributed by atoms with Gasteiger partial charge < -0.3 is 4.74 Å². The van der Waals surface area contributed by atoms with Crippen molar-refractivity contribution >= 4 is 23.5 Å². The molecule has 22 heavy (non-hydrogen) atoms. The van der Waals surface area contributed by atoms with E-state index in [0.29, 0.717) is 0 Å². The molecule has 1 aromatic carbocycles. The minimum atomic E-state index is 0.116. The predicted molar refractivity (Wildman–Crippen MR) is 101 cm³/mol. The van der Waals surface area contributed by atoms with E-state index in [-0.39, 0.29) is 4.08 Å². The molecule has 0 saturated carbocycles. The van der Waals surface area contributed by atoms with Gasteiger partial charge in [-0.1, -0.05) is 32.6 Å². The van der Waals surface area contributed by atoms with Gasteiger partial charge in [0.15, 0.2) is 0 Å². The maximum Gasteiger partial charge on any atom is 0.124 e. The predicted octanol–water partition coefficient (Wildman–Crippen LogP) is 5.67. The number of fused-ring (bicyclic) bond motifs is 1. The van der Waals surface area contributed by atoms with Crippen molar-refractivity contribution in [1.29, 1.82) is 0 Å². The first kappa shape index (κ1) is 17.6. The fourth-order valence-electron chi connectivity index (χ4n) is 2.58. The third-order valence-electron chi connectivity index (χ3n) is 3.91. The summed E-state index contributed by atoms with van der Waals surface area (Å²) < 4.78 is 6.01. The van der Waals surface area contributed by atoms with Gasteiger partial charge in [0.05, 0.1) is 10.7 Å². The van der Waals surface area contributed by atoms with Crippen LogP contribution in [0.15, 0.2) is 18.2 Å². The van der Waals surface area contributed by atoms with Crippen molar-refractivity contribution in [2.24, 2.45) is 0 Å². The van der Waals surface area contributed by atoms with Crippen LogP contribution in [0, 0.1) is 12.3 Å². The lowest BCUT2D eigenvalue weighted by Crippen LogP contribution is -2.28. The summed E-state index contributed by atoms with van der Waals surface area (Å²) in [6.45, 7) is 5.32. The van der Waals surface area contributed by atoms with E-state index in [9.17, 15) is 0 Å². The first-order chi connectivity index (χ1) is 10.8. The third-order valence-corrected chi connectivity index (χ3v) is 7.38. The molecule has 0 radical (unpaired) electrons. The average Bonchev–Trinajstić information content (AvgIpc) is 2.55. The van der Waals surface area contributed by atoms with E-state index in [1.165, 1.54) is 42.8 Å². The molecule has 1 nitrogen and oxygen atoms in total. The van der Waals surface area contributed by atoms with Crippen LogP contribution in [-0.2, 0) is 4.08 Å². The highest BCUT2D eigenvalue weighted by Gasteiger charge is 2.38.